The van der Waals surface area contributed by atoms with Crippen LogP contribution in [0, 0.1) is 0 Å². The van der Waals surface area contributed by atoms with E-state index in [4.69, 9.17) is 4.74 Å². The van der Waals surface area contributed by atoms with Gasteiger partial charge < -0.3 is 14.8 Å². The van der Waals surface area contributed by atoms with Gasteiger partial charge in [0.25, 0.3) is 0 Å². The number of halogens is 9. The number of hydrogen-bond acceptors (Lipinski definition) is 9. The van der Waals surface area contributed by atoms with Gasteiger partial charge in [-0.1, -0.05) is 6.92 Å². The summed E-state index contributed by atoms with van der Waals surface area (Å²) in [6.45, 7) is 2.42. The van der Waals surface area contributed by atoms with Crippen LogP contribution >= 0.6 is 0 Å². The Hall–Kier alpha value is -4.42. The van der Waals surface area contributed by atoms with Crippen molar-refractivity contribution in [3.63, 3.8) is 0 Å². The van der Waals surface area contributed by atoms with Gasteiger partial charge in [-0.25, -0.2) is 10.3 Å². The molecule has 2 heterocycles. The van der Waals surface area contributed by atoms with Gasteiger partial charge in [-0.2, -0.15) is 39.5 Å². The third-order valence-electron chi connectivity index (χ3n) is 7.64. The molecule has 2 N–H and O–H groups in total. The molecule has 0 aliphatic carbocycles. The van der Waals surface area contributed by atoms with Crippen LogP contribution in [0.4, 0.5) is 50.0 Å². The second-order valence-electron chi connectivity index (χ2n) is 10.8. The van der Waals surface area contributed by atoms with Gasteiger partial charge in [-0.3, -0.25) is 14.7 Å². The number of esters is 1. The zero-order valence-electron chi connectivity index (χ0n) is 25.7. The highest BCUT2D eigenvalue weighted by molar-refractivity contribution is 5.91. The molecule has 0 unspecified atom stereocenters. The first kappa shape index (κ1) is 36.4. The number of benzene rings is 2. The summed E-state index contributed by atoms with van der Waals surface area (Å²) in [7, 11) is 1.11. The molecule has 1 amide bonds. The van der Waals surface area contributed by atoms with Gasteiger partial charge in [-0.15, -0.1) is 10.2 Å². The van der Waals surface area contributed by atoms with Crippen LogP contribution in [0.1, 0.15) is 67.0 Å². The Kier molecular flexibility index (Phi) is 10.6. The maximum atomic E-state index is 13.8. The van der Waals surface area contributed by atoms with Crippen LogP contribution in [0.5, 0.6) is 0 Å². The van der Waals surface area contributed by atoms with E-state index in [0.29, 0.717) is 18.6 Å². The number of ether oxygens (including phenoxy) is 2. The first-order valence-corrected chi connectivity index (χ1v) is 14.5. The summed E-state index contributed by atoms with van der Waals surface area (Å²) in [4.78, 5) is 26.0. The zero-order chi connectivity index (χ0) is 35.6. The number of amides is 1. The van der Waals surface area contributed by atoms with Crippen molar-refractivity contribution in [1.82, 2.24) is 21.0 Å². The fraction of sp³-hybridized carbons (Fsp3) is 0.483. The van der Waals surface area contributed by atoms with Crippen molar-refractivity contribution in [3.8, 4) is 0 Å². The number of rotatable bonds is 8. The normalized spacial score (nSPS) is 18.6. The minimum atomic E-state index is -5.12. The van der Waals surface area contributed by atoms with E-state index in [0.717, 1.165) is 35.4 Å². The smallest absolute Gasteiger partial charge is 0.416 e. The largest absolute Gasteiger partial charge is 0.469 e. The molecule has 0 aromatic heterocycles. The predicted molar refractivity (Wildman–Crippen MR) is 151 cm³/mol. The number of nitrogens with one attached hydrogen (secondary N) is 2. The highest BCUT2D eigenvalue weighted by Gasteiger charge is 2.41. The highest BCUT2D eigenvalue weighted by atomic mass is 19.4. The molecule has 2 aromatic rings. The highest BCUT2D eigenvalue weighted by Crippen LogP contribution is 2.42. The van der Waals surface area contributed by atoms with Crippen LogP contribution in [0.2, 0.25) is 0 Å². The molecule has 0 saturated heterocycles. The van der Waals surface area contributed by atoms with Crippen molar-refractivity contribution in [3.05, 3.63) is 64.2 Å². The number of hydrazone groups is 1. The average molecular weight is 699 g/mol. The zero-order valence-corrected chi connectivity index (χ0v) is 25.7. The fourth-order valence-corrected chi connectivity index (χ4v) is 5.36. The van der Waals surface area contributed by atoms with E-state index in [9.17, 15) is 49.1 Å². The summed E-state index contributed by atoms with van der Waals surface area (Å²) >= 11 is 0. The van der Waals surface area contributed by atoms with E-state index in [1.165, 1.54) is 4.90 Å². The van der Waals surface area contributed by atoms with Crippen LogP contribution in [-0.2, 0) is 39.3 Å². The topological polar surface area (TPSA) is 98.7 Å². The Labute approximate surface area is 268 Å². The van der Waals surface area contributed by atoms with Gasteiger partial charge in [0.15, 0.2) is 0 Å². The molecule has 264 valence electrons. The van der Waals surface area contributed by atoms with E-state index in [1.54, 1.807) is 13.8 Å². The molecule has 10 nitrogen and oxygen atoms in total. The van der Waals surface area contributed by atoms with Gasteiger partial charge in [0, 0.05) is 6.04 Å². The summed E-state index contributed by atoms with van der Waals surface area (Å²) in [5.74, 6) is -0.888. The van der Waals surface area contributed by atoms with Gasteiger partial charge in [0.2, 0.25) is 5.96 Å². The lowest BCUT2D eigenvalue weighted by atomic mass is 9.89. The first-order chi connectivity index (χ1) is 22.4. The molecule has 0 fully saturated rings. The minimum Gasteiger partial charge on any atom is -0.469 e. The second kappa shape index (κ2) is 14.0. The summed E-state index contributed by atoms with van der Waals surface area (Å²) < 4.78 is 133. The summed E-state index contributed by atoms with van der Waals surface area (Å²) in [6.07, 6.45) is -15.7. The molecule has 0 radical (unpaired) electrons. The third-order valence-corrected chi connectivity index (χ3v) is 7.64. The van der Waals surface area contributed by atoms with Crippen LogP contribution in [0.25, 0.3) is 0 Å². The van der Waals surface area contributed by atoms with Crippen LogP contribution in [-0.4, -0.2) is 54.5 Å². The van der Waals surface area contributed by atoms with Gasteiger partial charge in [0.05, 0.1) is 61.6 Å². The second-order valence-corrected chi connectivity index (χ2v) is 10.8. The van der Waals surface area contributed by atoms with Crippen molar-refractivity contribution >= 4 is 23.7 Å². The van der Waals surface area contributed by atoms with Crippen LogP contribution in [0.15, 0.2) is 41.5 Å². The Balaban J connectivity index is 1.76. The predicted octanol–water partition coefficient (Wildman–Crippen LogP) is 6.59. The van der Waals surface area contributed by atoms with Gasteiger partial charge >= 0.3 is 30.6 Å². The molecule has 0 bridgehead atoms. The molecule has 2 aliphatic rings. The lowest BCUT2D eigenvalue weighted by Crippen LogP contribution is -2.52. The van der Waals surface area contributed by atoms with Crippen molar-refractivity contribution in [2.24, 2.45) is 5.10 Å². The lowest BCUT2D eigenvalue weighted by Gasteiger charge is -2.41. The molecule has 19 heteroatoms. The standard InChI is InChI=1S/C29H31F9N6O4/c1-4-20-14-22(21-13-17(27(30,31)32)6-7-23(21)44(20)26(46)48-5-2)39-25-40-41-43(9-8-24(45)47-3)42(25)15-16-10-18(28(33,34)35)12-19(11-16)29(36,37)38/h6-7,10-13,20,22,41H,4-5,8-9,14-15H2,1-3H3,(H,39,40)/t20-,22+/m1/s1. The summed E-state index contributed by atoms with van der Waals surface area (Å²) in [5.41, 5.74) is -1.94. The van der Waals surface area contributed by atoms with E-state index in [2.05, 4.69) is 20.7 Å². The Bertz CT molecular complexity index is 1500. The number of carbonyl (C=O) groups is 2. The third kappa shape index (κ3) is 8.16. The van der Waals surface area contributed by atoms with Crippen molar-refractivity contribution in [2.75, 3.05) is 25.2 Å². The van der Waals surface area contributed by atoms with Crippen molar-refractivity contribution < 1.29 is 58.6 Å². The van der Waals surface area contributed by atoms with E-state index in [-0.39, 0.29) is 49.3 Å². The van der Waals surface area contributed by atoms with E-state index in [1.807, 2.05) is 0 Å². The van der Waals surface area contributed by atoms with Crippen LogP contribution in [0.3, 0.4) is 0 Å². The Morgan fingerprint density at radius 3 is 2.10 bits per heavy atom. The molecular weight excluding hydrogens is 667 g/mol. The molecule has 2 aliphatic heterocycles. The average Bonchev–Trinajstić information content (AvgIpc) is 3.38. The van der Waals surface area contributed by atoms with Crippen molar-refractivity contribution in [1.29, 1.82) is 0 Å². The number of alkyl halides is 9. The number of anilines is 1. The molecule has 0 spiro atoms. The molecular formula is C29H31F9N6O4. The Morgan fingerprint density at radius 2 is 1.56 bits per heavy atom. The number of hydrogen-bond donors (Lipinski definition) is 2. The number of guanidine groups is 1. The minimum absolute atomic E-state index is 0.00610. The number of fused-ring (bicyclic) bond motifs is 1. The van der Waals surface area contributed by atoms with E-state index < -0.39 is 71.5 Å². The fourth-order valence-electron chi connectivity index (χ4n) is 5.36. The molecule has 2 aromatic carbocycles. The van der Waals surface area contributed by atoms with E-state index >= 15 is 0 Å². The Morgan fingerprint density at radius 1 is 0.938 bits per heavy atom. The van der Waals surface area contributed by atoms with Gasteiger partial charge in [0.1, 0.15) is 0 Å². The van der Waals surface area contributed by atoms with Crippen LogP contribution < -0.4 is 15.8 Å². The number of hydrazine groups is 2. The number of methoxy groups -OCH3 is 1. The summed E-state index contributed by atoms with van der Waals surface area (Å²) in [6, 6.07) is 2.22. The number of nitrogens with zero attached hydrogens (tertiary/aromatic N) is 4. The number of carbonyl (C=O) groups excluding carboxylic acids is 2. The molecule has 48 heavy (non-hydrogen) atoms. The van der Waals surface area contributed by atoms with Crippen molar-refractivity contribution in [2.45, 2.75) is 70.3 Å². The van der Waals surface area contributed by atoms with Gasteiger partial charge in [-0.05, 0) is 67.3 Å². The first-order valence-electron chi connectivity index (χ1n) is 14.5. The maximum absolute atomic E-state index is 13.8. The molecule has 0 saturated carbocycles. The SMILES string of the molecule is CCOC(=O)N1c2ccc(C(F)(F)F)cc2[C@@H](NC2=NNN(CCC(=O)OC)N2Cc2cc(C(F)(F)F)cc(C(F)(F)F)c2)C[C@H]1CC. The summed E-state index contributed by atoms with van der Waals surface area (Å²) in [5, 5.41) is 9.31. The molecule has 2 atom stereocenters. The lowest BCUT2D eigenvalue weighted by molar-refractivity contribution is -0.144. The monoisotopic (exact) mass is 698 g/mol. The molecule has 4 rings (SSSR count). The quantitative estimate of drug-likeness (QED) is 0.236. The maximum Gasteiger partial charge on any atom is 0.416 e.